The third-order valence-corrected chi connectivity index (χ3v) is 5.44. The predicted molar refractivity (Wildman–Crippen MR) is 63.8 cm³/mol. The van der Waals surface area contributed by atoms with Crippen LogP contribution in [0.15, 0.2) is 18.2 Å². The van der Waals surface area contributed by atoms with Crippen molar-refractivity contribution in [3.8, 4) is 5.88 Å². The second-order valence-electron chi connectivity index (χ2n) is 2.60. The van der Waals surface area contributed by atoms with Crippen molar-refractivity contribution in [2.75, 3.05) is 13.2 Å². The van der Waals surface area contributed by atoms with E-state index in [0.29, 0.717) is 11.0 Å². The zero-order valence-corrected chi connectivity index (χ0v) is 10.5. The van der Waals surface area contributed by atoms with Crippen LogP contribution in [0, 0.1) is 0 Å². The molecule has 1 unspecified atom stereocenters. The fraction of sp³-hybridized carbons (Fsp3) is 0.375. The maximum atomic E-state index is 5.73. The van der Waals surface area contributed by atoms with Crippen LogP contribution in [0.1, 0.15) is 6.92 Å². The third-order valence-electron chi connectivity index (χ3n) is 1.69. The highest BCUT2D eigenvalue weighted by atomic mass is 35.5. The first-order chi connectivity index (χ1) is 6.59. The molecule has 0 aliphatic heterocycles. The van der Waals surface area contributed by atoms with E-state index in [1.165, 1.54) is 0 Å². The molecule has 0 aliphatic rings. The Bertz CT molecular complexity index is 353. The first-order valence-corrected chi connectivity index (χ1v) is 7.48. The van der Waals surface area contributed by atoms with E-state index < -0.39 is 6.42 Å². The number of rotatable bonds is 4. The number of halogens is 1. The summed E-state index contributed by atoms with van der Waals surface area (Å²) in [7, 11) is 1.80. The second-order valence-corrected chi connectivity index (χ2v) is 7.37. The minimum absolute atomic E-state index is 0.413. The molecule has 0 spiro atoms. The molecule has 0 fully saturated rings. The lowest BCUT2D eigenvalue weighted by Gasteiger charge is -2.19. The minimum atomic E-state index is -1.96. The molecule has 0 amide bonds. The average molecular weight is 251 g/mol. The van der Waals surface area contributed by atoms with E-state index in [4.69, 9.17) is 27.9 Å². The van der Waals surface area contributed by atoms with E-state index >= 15 is 0 Å². The molecular weight excluding hydrogens is 239 g/mol. The first-order valence-electron chi connectivity index (χ1n) is 4.20. The van der Waals surface area contributed by atoms with Crippen molar-refractivity contribution in [2.45, 2.75) is 6.92 Å². The summed E-state index contributed by atoms with van der Waals surface area (Å²) in [5, 5.41) is 3.43. The van der Waals surface area contributed by atoms with Crippen LogP contribution in [0.5, 0.6) is 5.88 Å². The van der Waals surface area contributed by atoms with Gasteiger partial charge in [-0.25, -0.2) is 4.98 Å². The molecule has 1 heterocycles. The Balaban J connectivity index is 2.83. The molecule has 1 N–H and O–H groups in total. The van der Waals surface area contributed by atoms with E-state index in [2.05, 4.69) is 10.1 Å². The highest BCUT2D eigenvalue weighted by molar-refractivity contribution is 8.11. The minimum Gasteiger partial charge on any atom is -0.436 e. The van der Waals surface area contributed by atoms with E-state index in [1.807, 2.05) is 6.92 Å². The van der Waals surface area contributed by atoms with Crippen LogP contribution in [0.4, 0.5) is 0 Å². The molecule has 0 aromatic carbocycles. The number of hydrogen-bond acceptors (Lipinski definition) is 3. The van der Waals surface area contributed by atoms with Crippen LogP contribution in [-0.4, -0.2) is 18.2 Å². The Morgan fingerprint density at radius 1 is 1.64 bits per heavy atom. The number of pyridine rings is 1. The van der Waals surface area contributed by atoms with Gasteiger partial charge in [0.2, 0.25) is 5.88 Å². The number of hydrogen-bond donors (Lipinski definition) is 1. The van der Waals surface area contributed by atoms with Crippen molar-refractivity contribution >= 4 is 29.8 Å². The maximum absolute atomic E-state index is 5.73. The Morgan fingerprint density at radius 2 is 2.36 bits per heavy atom. The molecule has 14 heavy (non-hydrogen) atoms. The van der Waals surface area contributed by atoms with E-state index in [1.54, 1.807) is 25.2 Å². The van der Waals surface area contributed by atoms with Crippen molar-refractivity contribution in [2.24, 2.45) is 0 Å². The molecule has 0 bridgehead atoms. The van der Waals surface area contributed by atoms with Crippen molar-refractivity contribution in [1.82, 2.24) is 10.1 Å². The third kappa shape index (κ3) is 3.21. The first kappa shape index (κ1) is 11.9. The lowest BCUT2D eigenvalue weighted by molar-refractivity contribution is 0.576. The smallest absolute Gasteiger partial charge is 0.219 e. The molecule has 1 aromatic rings. The molecule has 6 heteroatoms. The van der Waals surface area contributed by atoms with Crippen molar-refractivity contribution in [3.05, 3.63) is 23.4 Å². The SMILES string of the molecule is CCP(=S)(NC)Oc1cccc(Cl)n1. The van der Waals surface area contributed by atoms with Gasteiger partial charge in [0.1, 0.15) is 5.15 Å². The molecule has 3 nitrogen and oxygen atoms in total. The summed E-state index contributed by atoms with van der Waals surface area (Å²) in [6.45, 7) is 1.99. The van der Waals surface area contributed by atoms with Crippen LogP contribution in [0.2, 0.25) is 5.15 Å². The van der Waals surface area contributed by atoms with E-state index in [0.717, 1.165) is 6.16 Å². The van der Waals surface area contributed by atoms with Crippen LogP contribution in [-0.2, 0) is 11.8 Å². The largest absolute Gasteiger partial charge is 0.436 e. The van der Waals surface area contributed by atoms with Gasteiger partial charge in [-0.05, 0) is 24.9 Å². The van der Waals surface area contributed by atoms with Crippen molar-refractivity contribution in [1.29, 1.82) is 0 Å². The molecule has 0 aliphatic carbocycles. The molecule has 1 aromatic heterocycles. The average Bonchev–Trinajstić information content (AvgIpc) is 2.18. The van der Waals surface area contributed by atoms with Gasteiger partial charge in [0.25, 0.3) is 0 Å². The predicted octanol–water partition coefficient (Wildman–Crippen LogP) is 2.66. The number of nitrogens with zero attached hydrogens (tertiary/aromatic N) is 1. The maximum Gasteiger partial charge on any atom is 0.219 e. The highest BCUT2D eigenvalue weighted by Gasteiger charge is 2.14. The topological polar surface area (TPSA) is 34.1 Å². The van der Waals surface area contributed by atoms with E-state index in [9.17, 15) is 0 Å². The highest BCUT2D eigenvalue weighted by Crippen LogP contribution is 2.41. The standard InChI is InChI=1S/C8H12ClN2OPS/c1-3-13(14,10-2)12-8-6-4-5-7(9)11-8/h4-6H,3H2,1-2H3,(H,10,14). The van der Waals surface area contributed by atoms with Crippen LogP contribution in [0.25, 0.3) is 0 Å². The summed E-state index contributed by atoms with van der Waals surface area (Å²) in [5.74, 6) is 0.483. The summed E-state index contributed by atoms with van der Waals surface area (Å²) < 4.78 is 5.60. The van der Waals surface area contributed by atoms with Gasteiger partial charge in [-0.2, -0.15) is 0 Å². The molecule has 1 rings (SSSR count). The Kier molecular flexibility index (Phi) is 4.32. The Morgan fingerprint density at radius 3 is 2.86 bits per heavy atom. The van der Waals surface area contributed by atoms with Crippen molar-refractivity contribution < 1.29 is 4.52 Å². The van der Waals surface area contributed by atoms with Gasteiger partial charge in [0.15, 0.2) is 6.42 Å². The van der Waals surface area contributed by atoms with Gasteiger partial charge < -0.3 is 4.52 Å². The van der Waals surface area contributed by atoms with Gasteiger partial charge in [-0.15, -0.1) is 0 Å². The van der Waals surface area contributed by atoms with Crippen LogP contribution in [0.3, 0.4) is 0 Å². The summed E-state index contributed by atoms with van der Waals surface area (Å²) in [5.41, 5.74) is 0. The van der Waals surface area contributed by atoms with Gasteiger partial charge in [0.05, 0.1) is 0 Å². The molecule has 78 valence electrons. The monoisotopic (exact) mass is 250 g/mol. The lowest BCUT2D eigenvalue weighted by atomic mass is 10.5. The normalized spacial score (nSPS) is 14.8. The van der Waals surface area contributed by atoms with Gasteiger partial charge in [-0.3, -0.25) is 5.09 Å². The zero-order chi connectivity index (χ0) is 10.6. The lowest BCUT2D eigenvalue weighted by Crippen LogP contribution is -2.10. The van der Waals surface area contributed by atoms with E-state index in [-0.39, 0.29) is 0 Å². The summed E-state index contributed by atoms with van der Waals surface area (Å²) in [6.07, 6.45) is -1.19. The quantitative estimate of drug-likeness (QED) is 0.658. The molecule has 0 saturated heterocycles. The fourth-order valence-corrected chi connectivity index (χ4v) is 2.19. The van der Waals surface area contributed by atoms with Crippen LogP contribution >= 0.6 is 18.0 Å². The summed E-state index contributed by atoms with van der Waals surface area (Å²) in [4.78, 5) is 4.02. The van der Waals surface area contributed by atoms with Gasteiger partial charge >= 0.3 is 0 Å². The van der Waals surface area contributed by atoms with Crippen molar-refractivity contribution in [3.63, 3.8) is 0 Å². The zero-order valence-electron chi connectivity index (χ0n) is 8.03. The van der Waals surface area contributed by atoms with Gasteiger partial charge in [0, 0.05) is 12.2 Å². The Labute approximate surface area is 94.0 Å². The molecule has 0 saturated carbocycles. The molecule has 0 radical (unpaired) electrons. The summed E-state index contributed by atoms with van der Waals surface area (Å²) >= 11 is 11.1. The molecular formula is C8H12ClN2OPS. The Hall–Kier alpha value is -0.150. The molecule has 1 atom stereocenters. The number of nitrogens with one attached hydrogen (secondary N) is 1. The van der Waals surface area contributed by atoms with Gasteiger partial charge in [-0.1, -0.05) is 24.6 Å². The van der Waals surface area contributed by atoms with Crippen LogP contribution < -0.4 is 9.61 Å². The second kappa shape index (κ2) is 5.08. The summed E-state index contributed by atoms with van der Waals surface area (Å²) in [6, 6.07) is 5.23. The number of aromatic nitrogens is 1. The fourth-order valence-electron chi connectivity index (χ4n) is 0.860.